The van der Waals surface area contributed by atoms with Crippen molar-refractivity contribution in [3.8, 4) is 28.4 Å². The zero-order valence-corrected chi connectivity index (χ0v) is 22.5. The van der Waals surface area contributed by atoms with Crippen LogP contribution in [-0.2, 0) is 4.79 Å². The molecule has 1 aliphatic rings. The summed E-state index contributed by atoms with van der Waals surface area (Å²) in [5.41, 5.74) is 3.36. The number of rotatable bonds is 11. The number of ether oxygens (including phenoxy) is 2. The third-order valence-electron chi connectivity index (χ3n) is 6.07. The van der Waals surface area contributed by atoms with Crippen molar-refractivity contribution < 1.29 is 14.3 Å². The Morgan fingerprint density at radius 1 is 1.00 bits per heavy atom. The Bertz CT molecular complexity index is 1250. The molecule has 0 bridgehead atoms. The van der Waals surface area contributed by atoms with Gasteiger partial charge in [0.1, 0.15) is 10.0 Å². The Morgan fingerprint density at radius 3 is 2.47 bits per heavy atom. The van der Waals surface area contributed by atoms with Crippen molar-refractivity contribution in [1.29, 1.82) is 0 Å². The van der Waals surface area contributed by atoms with Gasteiger partial charge in [-0.05, 0) is 42.8 Å². The maximum atomic E-state index is 13.2. The molecule has 8 heteroatoms. The molecule has 1 fully saturated rings. The number of para-hydroxylation sites is 1. The normalized spacial score (nSPS) is 14.6. The van der Waals surface area contributed by atoms with Gasteiger partial charge in [0.25, 0.3) is 5.91 Å². The highest BCUT2D eigenvalue weighted by Crippen LogP contribution is 2.37. The SMILES string of the molecule is CCCCCCCN1C(=O)C(=Cc2cn(-c3ccccc3)nc2-c2ccc(OC)c(OC)c2)SC1=S. The molecular weight excluding hydrogens is 490 g/mol. The van der Waals surface area contributed by atoms with Crippen LogP contribution in [0.15, 0.2) is 59.6 Å². The van der Waals surface area contributed by atoms with Crippen molar-refractivity contribution in [2.24, 2.45) is 0 Å². The van der Waals surface area contributed by atoms with E-state index in [4.69, 9.17) is 26.8 Å². The van der Waals surface area contributed by atoms with Crippen molar-refractivity contribution >= 4 is 40.3 Å². The average Bonchev–Trinajstić information content (AvgIpc) is 3.44. The van der Waals surface area contributed by atoms with Gasteiger partial charge in [-0.2, -0.15) is 5.10 Å². The van der Waals surface area contributed by atoms with Crippen LogP contribution in [0.25, 0.3) is 23.0 Å². The molecule has 6 nitrogen and oxygen atoms in total. The van der Waals surface area contributed by atoms with Crippen LogP contribution in [-0.4, -0.2) is 45.7 Å². The molecule has 1 aliphatic heterocycles. The molecule has 2 aromatic carbocycles. The third kappa shape index (κ3) is 5.82. The average molecular weight is 522 g/mol. The second-order valence-electron chi connectivity index (χ2n) is 8.53. The van der Waals surface area contributed by atoms with Crippen LogP contribution in [0.3, 0.4) is 0 Å². The molecule has 4 rings (SSSR count). The number of hydrogen-bond donors (Lipinski definition) is 0. The van der Waals surface area contributed by atoms with Gasteiger partial charge >= 0.3 is 0 Å². The largest absolute Gasteiger partial charge is 0.493 e. The second kappa shape index (κ2) is 12.2. The minimum atomic E-state index is -0.0359. The van der Waals surface area contributed by atoms with Crippen molar-refractivity contribution in [1.82, 2.24) is 14.7 Å². The van der Waals surface area contributed by atoms with Crippen LogP contribution in [0.4, 0.5) is 0 Å². The smallest absolute Gasteiger partial charge is 0.266 e. The molecule has 188 valence electrons. The molecule has 36 heavy (non-hydrogen) atoms. The fourth-order valence-corrected chi connectivity index (χ4v) is 5.42. The number of thiocarbonyl (C=S) groups is 1. The van der Waals surface area contributed by atoms with Gasteiger partial charge in [-0.25, -0.2) is 4.68 Å². The van der Waals surface area contributed by atoms with Crippen LogP contribution in [0.5, 0.6) is 11.5 Å². The summed E-state index contributed by atoms with van der Waals surface area (Å²) in [6, 6.07) is 15.6. The first-order valence-corrected chi connectivity index (χ1v) is 13.4. The van der Waals surface area contributed by atoms with Gasteiger partial charge in [0.2, 0.25) is 0 Å². The molecule has 0 saturated carbocycles. The zero-order valence-electron chi connectivity index (χ0n) is 20.9. The fraction of sp³-hybridized carbons (Fsp3) is 0.321. The van der Waals surface area contributed by atoms with Gasteiger partial charge in [-0.15, -0.1) is 0 Å². The third-order valence-corrected chi connectivity index (χ3v) is 7.44. The van der Waals surface area contributed by atoms with E-state index in [-0.39, 0.29) is 5.91 Å². The van der Waals surface area contributed by atoms with E-state index in [0.717, 1.165) is 35.3 Å². The van der Waals surface area contributed by atoms with E-state index >= 15 is 0 Å². The first-order valence-electron chi connectivity index (χ1n) is 12.2. The summed E-state index contributed by atoms with van der Waals surface area (Å²) in [6.07, 6.45) is 9.52. The Kier molecular flexibility index (Phi) is 8.83. The lowest BCUT2D eigenvalue weighted by Crippen LogP contribution is -2.29. The topological polar surface area (TPSA) is 56.6 Å². The summed E-state index contributed by atoms with van der Waals surface area (Å²) in [7, 11) is 3.22. The second-order valence-corrected chi connectivity index (χ2v) is 10.2. The van der Waals surface area contributed by atoms with E-state index < -0.39 is 0 Å². The number of thioether (sulfide) groups is 1. The molecule has 0 unspecified atom stereocenters. The number of nitrogens with zero attached hydrogens (tertiary/aromatic N) is 3. The van der Waals surface area contributed by atoms with Crippen molar-refractivity contribution in [2.75, 3.05) is 20.8 Å². The van der Waals surface area contributed by atoms with E-state index in [1.165, 1.54) is 31.0 Å². The standard InChI is InChI=1S/C28H31N3O3S2/c1-4-5-6-7-11-16-30-27(32)25(36-28(30)35)18-21-19-31(22-12-9-8-10-13-22)29-26(21)20-14-15-23(33-2)24(17-20)34-3/h8-10,12-15,17-19H,4-7,11,16H2,1-3H3. The zero-order chi connectivity index (χ0) is 25.5. The summed E-state index contributed by atoms with van der Waals surface area (Å²) in [4.78, 5) is 15.6. The van der Waals surface area contributed by atoms with E-state index in [9.17, 15) is 4.79 Å². The highest BCUT2D eigenvalue weighted by Gasteiger charge is 2.32. The number of benzene rings is 2. The Balaban J connectivity index is 1.67. The van der Waals surface area contributed by atoms with Crippen molar-refractivity contribution in [3.05, 3.63) is 65.2 Å². The molecule has 0 atom stereocenters. The first-order chi connectivity index (χ1) is 17.5. The number of hydrogen-bond acceptors (Lipinski definition) is 6. The van der Waals surface area contributed by atoms with E-state index in [1.54, 1.807) is 19.1 Å². The van der Waals surface area contributed by atoms with Gasteiger partial charge in [-0.1, -0.05) is 74.8 Å². The molecule has 1 aromatic heterocycles. The van der Waals surface area contributed by atoms with Crippen molar-refractivity contribution in [2.45, 2.75) is 39.0 Å². The maximum Gasteiger partial charge on any atom is 0.266 e. The van der Waals surface area contributed by atoms with Gasteiger partial charge in [0, 0.05) is 23.9 Å². The van der Waals surface area contributed by atoms with Crippen LogP contribution in [0.1, 0.15) is 44.6 Å². The van der Waals surface area contributed by atoms with Crippen LogP contribution < -0.4 is 9.47 Å². The lowest BCUT2D eigenvalue weighted by molar-refractivity contribution is -0.122. The minimum Gasteiger partial charge on any atom is -0.493 e. The van der Waals surface area contributed by atoms with Gasteiger partial charge in [0.05, 0.1) is 24.8 Å². The number of carbonyl (C=O) groups is 1. The quantitative estimate of drug-likeness (QED) is 0.158. The molecule has 0 spiro atoms. The Labute approximate surface area is 222 Å². The van der Waals surface area contributed by atoms with Crippen LogP contribution in [0.2, 0.25) is 0 Å². The number of aromatic nitrogens is 2. The summed E-state index contributed by atoms with van der Waals surface area (Å²) in [6.45, 7) is 2.86. The summed E-state index contributed by atoms with van der Waals surface area (Å²) >= 11 is 6.91. The fourth-order valence-electron chi connectivity index (χ4n) is 4.12. The van der Waals surface area contributed by atoms with Gasteiger partial charge in [0.15, 0.2) is 11.5 Å². The van der Waals surface area contributed by atoms with Gasteiger partial charge in [-0.3, -0.25) is 9.69 Å². The maximum absolute atomic E-state index is 13.2. The Hall–Kier alpha value is -3.10. The molecule has 1 saturated heterocycles. The lowest BCUT2D eigenvalue weighted by Gasteiger charge is -2.13. The molecule has 1 amide bonds. The van der Waals surface area contributed by atoms with E-state index in [1.807, 2.05) is 65.5 Å². The molecule has 0 aliphatic carbocycles. The summed E-state index contributed by atoms with van der Waals surface area (Å²) in [5.74, 6) is 1.22. The molecular formula is C28H31N3O3S2. The predicted octanol–water partition coefficient (Wildman–Crippen LogP) is 6.73. The molecule has 3 aromatic rings. The van der Waals surface area contributed by atoms with Crippen molar-refractivity contribution in [3.63, 3.8) is 0 Å². The highest BCUT2D eigenvalue weighted by atomic mass is 32.2. The van der Waals surface area contributed by atoms with Crippen LogP contribution in [0, 0.1) is 0 Å². The molecule has 0 radical (unpaired) electrons. The molecule has 0 N–H and O–H groups in total. The predicted molar refractivity (Wildman–Crippen MR) is 151 cm³/mol. The van der Waals surface area contributed by atoms with Gasteiger partial charge < -0.3 is 9.47 Å². The number of methoxy groups -OCH3 is 2. The van der Waals surface area contributed by atoms with E-state index in [0.29, 0.717) is 27.3 Å². The number of unbranched alkanes of at least 4 members (excludes halogenated alkanes) is 4. The first kappa shape index (κ1) is 26.0. The monoisotopic (exact) mass is 521 g/mol. The lowest BCUT2D eigenvalue weighted by atomic mass is 10.1. The van der Waals surface area contributed by atoms with Crippen LogP contribution >= 0.6 is 24.0 Å². The highest BCUT2D eigenvalue weighted by molar-refractivity contribution is 8.26. The number of carbonyl (C=O) groups excluding carboxylic acids is 1. The van der Waals surface area contributed by atoms with E-state index in [2.05, 4.69) is 6.92 Å². The minimum absolute atomic E-state index is 0.0359. The summed E-state index contributed by atoms with van der Waals surface area (Å²) < 4.78 is 13.4. The number of amides is 1. The molecule has 2 heterocycles. The summed E-state index contributed by atoms with van der Waals surface area (Å²) in [5, 5.41) is 4.87. The Morgan fingerprint density at radius 2 is 1.75 bits per heavy atom.